The lowest BCUT2D eigenvalue weighted by Crippen LogP contribution is -2.40. The van der Waals surface area contributed by atoms with Crippen LogP contribution in [0.3, 0.4) is 0 Å². The van der Waals surface area contributed by atoms with E-state index in [2.05, 4.69) is 24.8 Å². The van der Waals surface area contributed by atoms with Crippen molar-refractivity contribution in [2.45, 2.75) is 39.3 Å². The van der Waals surface area contributed by atoms with Gasteiger partial charge in [-0.05, 0) is 37.3 Å². The Morgan fingerprint density at radius 1 is 1.15 bits per heavy atom. The van der Waals surface area contributed by atoms with E-state index in [0.717, 1.165) is 41.8 Å². The molecule has 2 N–H and O–H groups in total. The molecule has 0 radical (unpaired) electrons. The van der Waals surface area contributed by atoms with Crippen LogP contribution < -0.4 is 15.2 Å². The Morgan fingerprint density at radius 3 is 2.60 bits per heavy atom. The molecule has 4 nitrogen and oxygen atoms in total. The van der Waals surface area contributed by atoms with E-state index in [0.29, 0.717) is 19.3 Å². The van der Waals surface area contributed by atoms with Crippen LogP contribution in [0, 0.1) is 5.92 Å². The maximum Gasteiger partial charge on any atom is 0.163 e. The lowest BCUT2D eigenvalue weighted by molar-refractivity contribution is 0.117. The molecule has 1 fully saturated rings. The summed E-state index contributed by atoms with van der Waals surface area (Å²) in [5.41, 5.74) is 8.13. The number of nitrogens with two attached hydrogens (primary N) is 1. The summed E-state index contributed by atoms with van der Waals surface area (Å²) in [6.45, 7) is 7.90. The maximum atomic E-state index is 6.18. The van der Waals surface area contributed by atoms with Crippen LogP contribution in [0.4, 0.5) is 5.69 Å². The molecule has 0 bridgehead atoms. The van der Waals surface area contributed by atoms with Crippen LogP contribution >= 0.6 is 0 Å². The Hall–Kier alpha value is -1.42. The third-order valence-corrected chi connectivity index (χ3v) is 4.42. The predicted molar refractivity (Wildman–Crippen MR) is 80.1 cm³/mol. The zero-order chi connectivity index (χ0) is 14.1. The molecule has 0 aromatic heterocycles. The van der Waals surface area contributed by atoms with E-state index in [1.54, 1.807) is 0 Å². The average Bonchev–Trinajstić information content (AvgIpc) is 2.43. The highest BCUT2D eigenvalue weighted by Crippen LogP contribution is 2.35. The van der Waals surface area contributed by atoms with Crippen molar-refractivity contribution in [3.63, 3.8) is 0 Å². The van der Waals surface area contributed by atoms with Crippen molar-refractivity contribution in [2.75, 3.05) is 25.5 Å². The molecule has 4 heteroatoms. The lowest BCUT2D eigenvalue weighted by Gasteiger charge is -2.37. The third-order valence-electron chi connectivity index (χ3n) is 4.42. The predicted octanol–water partition coefficient (Wildman–Crippen LogP) is 2.66. The molecule has 3 rings (SSSR count). The summed E-state index contributed by atoms with van der Waals surface area (Å²) in [7, 11) is 0. The number of nitrogen functional groups attached to an aromatic ring is 1. The number of benzene rings is 1. The van der Waals surface area contributed by atoms with Gasteiger partial charge in [0.05, 0.1) is 0 Å². The van der Waals surface area contributed by atoms with Gasteiger partial charge >= 0.3 is 0 Å². The number of anilines is 1. The molecule has 0 saturated carbocycles. The van der Waals surface area contributed by atoms with Crippen molar-refractivity contribution in [2.24, 2.45) is 5.92 Å². The van der Waals surface area contributed by atoms with Gasteiger partial charge in [-0.15, -0.1) is 0 Å². The Kier molecular flexibility index (Phi) is 3.74. The SMILES string of the molecule is CC1CCC(C)N(Cc2cc3c(cc2N)OCCO3)C1. The molecular weight excluding hydrogens is 252 g/mol. The zero-order valence-electron chi connectivity index (χ0n) is 12.4. The minimum Gasteiger partial charge on any atom is -0.486 e. The highest BCUT2D eigenvalue weighted by molar-refractivity contribution is 5.58. The number of piperidine rings is 1. The third kappa shape index (κ3) is 2.70. The second-order valence-electron chi connectivity index (χ2n) is 6.16. The largest absolute Gasteiger partial charge is 0.486 e. The number of nitrogens with zero attached hydrogens (tertiary/aromatic N) is 1. The summed E-state index contributed by atoms with van der Waals surface area (Å²) in [6, 6.07) is 4.58. The molecule has 0 spiro atoms. The van der Waals surface area contributed by atoms with Gasteiger partial charge in [0, 0.05) is 30.9 Å². The van der Waals surface area contributed by atoms with E-state index < -0.39 is 0 Å². The fraction of sp³-hybridized carbons (Fsp3) is 0.625. The standard InChI is InChI=1S/C16H24N2O2/c1-11-3-4-12(2)18(9-11)10-13-7-15-16(8-14(13)17)20-6-5-19-15/h7-8,11-12H,3-6,9-10,17H2,1-2H3. The monoisotopic (exact) mass is 276 g/mol. The minimum absolute atomic E-state index is 0.604. The van der Waals surface area contributed by atoms with Gasteiger partial charge in [0.25, 0.3) is 0 Å². The minimum atomic E-state index is 0.604. The first kappa shape index (κ1) is 13.6. The number of hydrogen-bond acceptors (Lipinski definition) is 4. The molecule has 2 aliphatic heterocycles. The second-order valence-corrected chi connectivity index (χ2v) is 6.16. The van der Waals surface area contributed by atoms with Crippen molar-refractivity contribution in [3.8, 4) is 11.5 Å². The molecule has 0 aliphatic carbocycles. The van der Waals surface area contributed by atoms with Gasteiger partial charge in [0.1, 0.15) is 13.2 Å². The molecule has 110 valence electrons. The van der Waals surface area contributed by atoms with Gasteiger partial charge in [-0.25, -0.2) is 0 Å². The number of fused-ring (bicyclic) bond motifs is 1. The quantitative estimate of drug-likeness (QED) is 0.844. The van der Waals surface area contributed by atoms with Crippen LogP contribution in [-0.2, 0) is 6.54 Å². The summed E-state index contributed by atoms with van der Waals surface area (Å²) in [5, 5.41) is 0. The van der Waals surface area contributed by atoms with Gasteiger partial charge in [0.15, 0.2) is 11.5 Å². The van der Waals surface area contributed by atoms with Crippen LogP contribution in [0.2, 0.25) is 0 Å². The molecule has 1 aromatic rings. The molecule has 2 atom stereocenters. The average molecular weight is 276 g/mol. The van der Waals surface area contributed by atoms with Crippen LogP contribution in [0.25, 0.3) is 0 Å². The van der Waals surface area contributed by atoms with Crippen LogP contribution in [0.15, 0.2) is 12.1 Å². The fourth-order valence-electron chi connectivity index (χ4n) is 3.10. The van der Waals surface area contributed by atoms with Crippen molar-refractivity contribution in [1.82, 2.24) is 4.90 Å². The Morgan fingerprint density at radius 2 is 1.85 bits per heavy atom. The second kappa shape index (κ2) is 5.52. The van der Waals surface area contributed by atoms with E-state index in [1.807, 2.05) is 6.07 Å². The summed E-state index contributed by atoms with van der Waals surface area (Å²) in [4.78, 5) is 2.52. The summed E-state index contributed by atoms with van der Waals surface area (Å²) in [5.74, 6) is 2.38. The van der Waals surface area contributed by atoms with Crippen molar-refractivity contribution in [1.29, 1.82) is 0 Å². The van der Waals surface area contributed by atoms with E-state index in [4.69, 9.17) is 15.2 Å². The molecule has 2 heterocycles. The molecule has 2 aliphatic rings. The van der Waals surface area contributed by atoms with Gasteiger partial charge in [0.2, 0.25) is 0 Å². The zero-order valence-corrected chi connectivity index (χ0v) is 12.4. The Labute approximate surface area is 120 Å². The lowest BCUT2D eigenvalue weighted by atomic mass is 9.94. The van der Waals surface area contributed by atoms with Gasteiger partial charge in [-0.2, -0.15) is 0 Å². The molecule has 1 saturated heterocycles. The number of rotatable bonds is 2. The number of hydrogen-bond donors (Lipinski definition) is 1. The molecular formula is C16H24N2O2. The van der Waals surface area contributed by atoms with Gasteiger partial charge in [-0.3, -0.25) is 4.90 Å². The highest BCUT2D eigenvalue weighted by atomic mass is 16.6. The topological polar surface area (TPSA) is 47.7 Å². The van der Waals surface area contributed by atoms with Gasteiger partial charge in [-0.1, -0.05) is 6.92 Å². The summed E-state index contributed by atoms with van der Waals surface area (Å²) >= 11 is 0. The van der Waals surface area contributed by atoms with Crippen molar-refractivity contribution < 1.29 is 9.47 Å². The fourth-order valence-corrected chi connectivity index (χ4v) is 3.10. The van der Waals surface area contributed by atoms with Crippen LogP contribution in [-0.4, -0.2) is 30.7 Å². The Balaban J connectivity index is 1.79. The first-order chi connectivity index (χ1) is 9.63. The number of likely N-dealkylation sites (tertiary alicyclic amines) is 1. The first-order valence-electron chi connectivity index (χ1n) is 7.55. The summed E-state index contributed by atoms with van der Waals surface area (Å²) < 4.78 is 11.2. The van der Waals surface area contributed by atoms with E-state index >= 15 is 0 Å². The van der Waals surface area contributed by atoms with Crippen molar-refractivity contribution >= 4 is 5.69 Å². The Bertz CT molecular complexity index is 490. The molecule has 20 heavy (non-hydrogen) atoms. The normalized spacial score (nSPS) is 26.5. The highest BCUT2D eigenvalue weighted by Gasteiger charge is 2.24. The van der Waals surface area contributed by atoms with Crippen LogP contribution in [0.1, 0.15) is 32.3 Å². The van der Waals surface area contributed by atoms with E-state index in [1.165, 1.54) is 12.8 Å². The van der Waals surface area contributed by atoms with Crippen molar-refractivity contribution in [3.05, 3.63) is 17.7 Å². The number of ether oxygens (including phenoxy) is 2. The van der Waals surface area contributed by atoms with Crippen LogP contribution in [0.5, 0.6) is 11.5 Å². The molecule has 1 aromatic carbocycles. The van der Waals surface area contributed by atoms with Gasteiger partial charge < -0.3 is 15.2 Å². The van der Waals surface area contributed by atoms with E-state index in [9.17, 15) is 0 Å². The summed E-state index contributed by atoms with van der Waals surface area (Å²) in [6.07, 6.45) is 2.60. The first-order valence-corrected chi connectivity index (χ1v) is 7.55. The van der Waals surface area contributed by atoms with E-state index in [-0.39, 0.29) is 0 Å². The molecule has 0 amide bonds. The maximum absolute atomic E-state index is 6.18. The molecule has 2 unspecified atom stereocenters. The smallest absolute Gasteiger partial charge is 0.163 e.